The highest BCUT2D eigenvalue weighted by atomic mass is 15.3. The average Bonchev–Trinajstić information content (AvgIpc) is 3.16. The minimum absolute atomic E-state index is 0.815. The van der Waals surface area contributed by atoms with Crippen molar-refractivity contribution in [2.75, 3.05) is 11.9 Å². The molecule has 1 aromatic carbocycles. The van der Waals surface area contributed by atoms with Gasteiger partial charge in [-0.1, -0.05) is 25.1 Å². The fourth-order valence-corrected chi connectivity index (χ4v) is 3.50. The average molecular weight is 348 g/mol. The van der Waals surface area contributed by atoms with Gasteiger partial charge in [-0.25, -0.2) is 9.97 Å². The first-order valence-electron chi connectivity index (χ1n) is 9.16. The van der Waals surface area contributed by atoms with E-state index < -0.39 is 0 Å². The molecule has 0 fully saturated rings. The molecule has 3 aromatic heterocycles. The van der Waals surface area contributed by atoms with E-state index in [2.05, 4.69) is 58.5 Å². The summed E-state index contributed by atoms with van der Waals surface area (Å²) in [6.07, 6.45) is 4.67. The number of fused-ring (bicyclic) bond motifs is 2. The number of aromatic nitrogens is 5. The molecule has 0 radical (unpaired) electrons. The number of aromatic amines is 1. The zero-order valence-electron chi connectivity index (χ0n) is 15.5. The molecule has 2 N–H and O–H groups in total. The molecule has 6 nitrogen and oxygen atoms in total. The van der Waals surface area contributed by atoms with Crippen LogP contribution in [0.5, 0.6) is 0 Å². The number of H-pyrrole nitrogens is 1. The lowest BCUT2D eigenvalue weighted by Crippen LogP contribution is -2.09. The van der Waals surface area contributed by atoms with Crippen molar-refractivity contribution in [3.05, 3.63) is 47.5 Å². The molecule has 4 rings (SSSR count). The van der Waals surface area contributed by atoms with Crippen LogP contribution in [0.3, 0.4) is 0 Å². The number of benzene rings is 1. The molecule has 0 saturated heterocycles. The van der Waals surface area contributed by atoms with Gasteiger partial charge in [0.1, 0.15) is 11.6 Å². The maximum atomic E-state index is 4.72. The van der Waals surface area contributed by atoms with E-state index in [1.165, 1.54) is 22.2 Å². The number of hydrogen-bond acceptors (Lipinski definition) is 4. The van der Waals surface area contributed by atoms with Gasteiger partial charge in [0, 0.05) is 36.6 Å². The summed E-state index contributed by atoms with van der Waals surface area (Å²) < 4.78 is 1.81. The predicted octanol–water partition coefficient (Wildman–Crippen LogP) is 3.76. The van der Waals surface area contributed by atoms with Crippen LogP contribution in [0.25, 0.3) is 21.9 Å². The highest BCUT2D eigenvalue weighted by molar-refractivity contribution is 5.87. The molecule has 0 amide bonds. The third-order valence-corrected chi connectivity index (χ3v) is 4.81. The standard InChI is InChI=1S/C20H24N6/c1-4-7-18-24-19(16-12-22-26(3)20(16)25-18)21-11-10-14-13(2)23-17-9-6-5-8-15(14)17/h5-6,8-9,12,23H,4,7,10-11H2,1-3H3,(H,21,24,25). The van der Waals surface area contributed by atoms with Crippen molar-refractivity contribution in [1.29, 1.82) is 0 Å². The Bertz CT molecular complexity index is 1060. The number of aryl methyl sites for hydroxylation is 3. The lowest BCUT2D eigenvalue weighted by Gasteiger charge is -2.09. The highest BCUT2D eigenvalue weighted by Crippen LogP contribution is 2.23. The van der Waals surface area contributed by atoms with Gasteiger partial charge in [-0.15, -0.1) is 0 Å². The van der Waals surface area contributed by atoms with E-state index in [0.29, 0.717) is 0 Å². The van der Waals surface area contributed by atoms with Crippen molar-refractivity contribution in [3.63, 3.8) is 0 Å². The molecule has 0 saturated carbocycles. The van der Waals surface area contributed by atoms with Crippen LogP contribution in [0.1, 0.15) is 30.4 Å². The largest absolute Gasteiger partial charge is 0.369 e. The van der Waals surface area contributed by atoms with Crippen LogP contribution in [0.15, 0.2) is 30.5 Å². The highest BCUT2D eigenvalue weighted by Gasteiger charge is 2.12. The molecule has 0 aliphatic rings. The summed E-state index contributed by atoms with van der Waals surface area (Å²) in [5.74, 6) is 1.75. The van der Waals surface area contributed by atoms with E-state index in [9.17, 15) is 0 Å². The molecule has 0 bridgehead atoms. The van der Waals surface area contributed by atoms with E-state index in [-0.39, 0.29) is 0 Å². The summed E-state index contributed by atoms with van der Waals surface area (Å²) in [7, 11) is 1.92. The normalized spacial score (nSPS) is 11.5. The third-order valence-electron chi connectivity index (χ3n) is 4.81. The molecule has 0 aliphatic carbocycles. The maximum absolute atomic E-state index is 4.72. The molecule has 0 unspecified atom stereocenters. The van der Waals surface area contributed by atoms with Crippen LogP contribution in [0.4, 0.5) is 5.82 Å². The Labute approximate surface area is 152 Å². The van der Waals surface area contributed by atoms with Gasteiger partial charge >= 0.3 is 0 Å². The first kappa shape index (κ1) is 16.6. The molecule has 134 valence electrons. The second-order valence-corrected chi connectivity index (χ2v) is 6.69. The Morgan fingerprint density at radius 1 is 1.12 bits per heavy atom. The number of hydrogen-bond donors (Lipinski definition) is 2. The van der Waals surface area contributed by atoms with Gasteiger partial charge in [-0.3, -0.25) is 4.68 Å². The molecule has 0 spiro atoms. The van der Waals surface area contributed by atoms with E-state index in [0.717, 1.165) is 48.5 Å². The van der Waals surface area contributed by atoms with Crippen LogP contribution in [0, 0.1) is 6.92 Å². The minimum Gasteiger partial charge on any atom is -0.369 e. The molecule has 6 heteroatoms. The first-order valence-corrected chi connectivity index (χ1v) is 9.16. The fraction of sp³-hybridized carbons (Fsp3) is 0.350. The Hall–Kier alpha value is -2.89. The quantitative estimate of drug-likeness (QED) is 0.556. The molecule has 0 aliphatic heterocycles. The Kier molecular flexibility index (Phi) is 4.32. The summed E-state index contributed by atoms with van der Waals surface area (Å²) >= 11 is 0. The Morgan fingerprint density at radius 2 is 1.96 bits per heavy atom. The monoisotopic (exact) mass is 348 g/mol. The lowest BCUT2D eigenvalue weighted by atomic mass is 10.1. The lowest BCUT2D eigenvalue weighted by molar-refractivity contribution is 0.772. The van der Waals surface area contributed by atoms with E-state index in [1.807, 2.05) is 17.9 Å². The van der Waals surface area contributed by atoms with Crippen LogP contribution >= 0.6 is 0 Å². The Morgan fingerprint density at radius 3 is 2.81 bits per heavy atom. The zero-order chi connectivity index (χ0) is 18.1. The third kappa shape index (κ3) is 2.92. The Balaban J connectivity index is 1.58. The second kappa shape index (κ2) is 6.78. The number of rotatable bonds is 6. The summed E-state index contributed by atoms with van der Waals surface area (Å²) in [6.45, 7) is 5.09. The van der Waals surface area contributed by atoms with E-state index in [4.69, 9.17) is 4.98 Å². The van der Waals surface area contributed by atoms with Gasteiger partial charge in [0.2, 0.25) is 0 Å². The smallest absolute Gasteiger partial charge is 0.163 e. The molecular formula is C20H24N6. The molecule has 3 heterocycles. The van der Waals surface area contributed by atoms with Gasteiger partial charge in [0.25, 0.3) is 0 Å². The van der Waals surface area contributed by atoms with Crippen molar-refractivity contribution in [2.45, 2.75) is 33.1 Å². The number of nitrogens with one attached hydrogen (secondary N) is 2. The van der Waals surface area contributed by atoms with Crippen LogP contribution in [0.2, 0.25) is 0 Å². The fourth-order valence-electron chi connectivity index (χ4n) is 3.50. The number of anilines is 1. The van der Waals surface area contributed by atoms with Gasteiger partial charge in [-0.05, 0) is 31.4 Å². The molecule has 26 heavy (non-hydrogen) atoms. The van der Waals surface area contributed by atoms with Crippen LogP contribution < -0.4 is 5.32 Å². The number of nitrogens with zero attached hydrogens (tertiary/aromatic N) is 4. The summed E-state index contributed by atoms with van der Waals surface area (Å²) in [6, 6.07) is 8.46. The van der Waals surface area contributed by atoms with Crippen molar-refractivity contribution < 1.29 is 0 Å². The maximum Gasteiger partial charge on any atom is 0.163 e. The summed E-state index contributed by atoms with van der Waals surface area (Å²) in [5, 5.41) is 10.1. The van der Waals surface area contributed by atoms with E-state index in [1.54, 1.807) is 0 Å². The topological polar surface area (TPSA) is 71.4 Å². The SMILES string of the molecule is CCCc1nc(NCCc2c(C)[nH]c3ccccc23)c2cnn(C)c2n1. The predicted molar refractivity (Wildman–Crippen MR) is 106 cm³/mol. The first-order chi connectivity index (χ1) is 12.7. The van der Waals surface area contributed by atoms with E-state index >= 15 is 0 Å². The van der Waals surface area contributed by atoms with Crippen molar-refractivity contribution in [1.82, 2.24) is 24.7 Å². The second-order valence-electron chi connectivity index (χ2n) is 6.69. The molecular weight excluding hydrogens is 324 g/mol. The molecule has 4 aromatic rings. The summed E-state index contributed by atoms with van der Waals surface area (Å²) in [5.41, 5.74) is 4.67. The van der Waals surface area contributed by atoms with Crippen LogP contribution in [-0.2, 0) is 19.9 Å². The zero-order valence-corrected chi connectivity index (χ0v) is 15.5. The van der Waals surface area contributed by atoms with Crippen molar-refractivity contribution in [2.24, 2.45) is 7.05 Å². The van der Waals surface area contributed by atoms with Gasteiger partial charge in [-0.2, -0.15) is 5.10 Å². The minimum atomic E-state index is 0.815. The molecule has 0 atom stereocenters. The van der Waals surface area contributed by atoms with Gasteiger partial charge in [0.15, 0.2) is 5.65 Å². The van der Waals surface area contributed by atoms with Crippen molar-refractivity contribution >= 4 is 27.8 Å². The summed E-state index contributed by atoms with van der Waals surface area (Å²) in [4.78, 5) is 12.8. The van der Waals surface area contributed by atoms with Crippen molar-refractivity contribution in [3.8, 4) is 0 Å². The van der Waals surface area contributed by atoms with Gasteiger partial charge < -0.3 is 10.3 Å². The van der Waals surface area contributed by atoms with Gasteiger partial charge in [0.05, 0.1) is 11.6 Å². The number of para-hydroxylation sites is 1. The van der Waals surface area contributed by atoms with Crippen LogP contribution in [-0.4, -0.2) is 31.3 Å².